The van der Waals surface area contributed by atoms with E-state index in [0.717, 1.165) is 18.1 Å². The second-order valence-electron chi connectivity index (χ2n) is 9.92. The van der Waals surface area contributed by atoms with Crippen molar-refractivity contribution in [3.05, 3.63) is 95.6 Å². The van der Waals surface area contributed by atoms with Crippen molar-refractivity contribution in [2.45, 2.75) is 57.6 Å². The second kappa shape index (κ2) is 11.2. The molecule has 0 fully saturated rings. The van der Waals surface area contributed by atoms with Gasteiger partial charge in [-0.15, -0.1) is 0 Å². The van der Waals surface area contributed by atoms with E-state index in [1.165, 1.54) is 30.3 Å². The van der Waals surface area contributed by atoms with Gasteiger partial charge in [0.25, 0.3) is 0 Å². The van der Waals surface area contributed by atoms with Crippen LogP contribution in [0.2, 0.25) is 0 Å². The topological polar surface area (TPSA) is 82.1 Å². The molecule has 0 aliphatic rings. The number of esters is 1. The van der Waals surface area contributed by atoms with Gasteiger partial charge in [0.05, 0.1) is 0 Å². The summed E-state index contributed by atoms with van der Waals surface area (Å²) in [6, 6.07) is 21.4. The molecule has 0 amide bonds. The van der Waals surface area contributed by atoms with Crippen molar-refractivity contribution < 1.29 is 42.1 Å². The van der Waals surface area contributed by atoms with E-state index in [-0.39, 0.29) is 23.3 Å². The van der Waals surface area contributed by atoms with Crippen LogP contribution in [0.3, 0.4) is 0 Å². The van der Waals surface area contributed by atoms with Gasteiger partial charge in [0.1, 0.15) is 18.1 Å². The highest BCUT2D eigenvalue weighted by Gasteiger charge is 2.52. The van der Waals surface area contributed by atoms with E-state index in [2.05, 4.69) is 0 Å². The molecule has 1 N–H and O–H groups in total. The summed E-state index contributed by atoms with van der Waals surface area (Å²) in [5.74, 6) is -3.68. The van der Waals surface area contributed by atoms with Crippen LogP contribution in [0.15, 0.2) is 78.9 Å². The van der Waals surface area contributed by atoms with Crippen LogP contribution in [0, 0.1) is 0 Å². The second-order valence-corrected chi connectivity index (χ2v) is 9.92. The Morgan fingerprint density at radius 3 is 2.03 bits per heavy atom. The molecule has 0 aromatic heterocycles. The largest absolute Gasteiger partial charge is 0.490 e. The third-order valence-electron chi connectivity index (χ3n) is 5.84. The monoisotopic (exact) mass is 530 g/mol. The van der Waals surface area contributed by atoms with Crippen molar-refractivity contribution in [3.63, 3.8) is 0 Å². The van der Waals surface area contributed by atoms with Crippen LogP contribution < -0.4 is 9.47 Å². The summed E-state index contributed by atoms with van der Waals surface area (Å²) in [5, 5.41) is 10.1. The Bertz CT molecular complexity index is 1250. The molecule has 202 valence electrons. The number of carbonyl (C=O) groups is 2. The summed E-state index contributed by atoms with van der Waals surface area (Å²) in [4.78, 5) is 24.3. The Morgan fingerprint density at radius 2 is 1.47 bits per heavy atom. The molecule has 9 heteroatoms. The zero-order valence-corrected chi connectivity index (χ0v) is 21.4. The Kier molecular flexibility index (Phi) is 8.39. The van der Waals surface area contributed by atoms with E-state index < -0.39 is 29.8 Å². The molecule has 3 aromatic rings. The fourth-order valence-corrected chi connectivity index (χ4v) is 3.63. The van der Waals surface area contributed by atoms with Crippen molar-refractivity contribution in [1.82, 2.24) is 0 Å². The molecule has 0 bridgehead atoms. The number of ether oxygens (including phenoxy) is 3. The molecule has 0 heterocycles. The number of hydrogen-bond acceptors (Lipinski definition) is 5. The predicted octanol–water partition coefficient (Wildman–Crippen LogP) is 6.63. The highest BCUT2D eigenvalue weighted by Crippen LogP contribution is 2.38. The first-order valence-electron chi connectivity index (χ1n) is 11.8. The average Bonchev–Trinajstić information content (AvgIpc) is 2.86. The standard InChI is InChI=1S/C29H29F3O6/c1-27(2,3)21-11-8-12-23(17-21)38-28(4,25(33)34)24(37-26(35)29(30,31)32)20-13-15-22(16-14-20)36-18-19-9-6-5-7-10-19/h5-17,24H,18H2,1-4H3,(H,33,34). The molecule has 0 saturated carbocycles. The molecule has 0 saturated heterocycles. The zero-order valence-electron chi connectivity index (χ0n) is 21.4. The van der Waals surface area contributed by atoms with Crippen LogP contribution in [0.4, 0.5) is 13.2 Å². The van der Waals surface area contributed by atoms with Gasteiger partial charge in [-0.05, 0) is 53.3 Å². The molecule has 0 radical (unpaired) electrons. The molecular formula is C29H29F3O6. The lowest BCUT2D eigenvalue weighted by atomic mass is 9.87. The number of carboxylic acids is 1. The minimum atomic E-state index is -5.34. The lowest BCUT2D eigenvalue weighted by molar-refractivity contribution is -0.216. The van der Waals surface area contributed by atoms with Gasteiger partial charge in [0.2, 0.25) is 5.60 Å². The first-order chi connectivity index (χ1) is 17.7. The number of benzene rings is 3. The molecule has 3 aromatic carbocycles. The highest BCUT2D eigenvalue weighted by atomic mass is 19.4. The van der Waals surface area contributed by atoms with E-state index in [4.69, 9.17) is 14.2 Å². The van der Waals surface area contributed by atoms with Crippen LogP contribution >= 0.6 is 0 Å². The molecule has 0 aliphatic heterocycles. The van der Waals surface area contributed by atoms with Gasteiger partial charge in [-0.25, -0.2) is 9.59 Å². The van der Waals surface area contributed by atoms with E-state index >= 15 is 0 Å². The van der Waals surface area contributed by atoms with Crippen molar-refractivity contribution >= 4 is 11.9 Å². The number of hydrogen-bond donors (Lipinski definition) is 1. The normalized spacial score (nSPS) is 14.2. The molecule has 3 rings (SSSR count). The van der Waals surface area contributed by atoms with Gasteiger partial charge in [0, 0.05) is 0 Å². The van der Waals surface area contributed by atoms with Crippen LogP contribution in [0.5, 0.6) is 11.5 Å². The van der Waals surface area contributed by atoms with E-state index in [1.54, 1.807) is 12.1 Å². The number of aliphatic carboxylic acids is 1. The van der Waals surface area contributed by atoms with Crippen LogP contribution in [0.1, 0.15) is 50.5 Å². The number of carbonyl (C=O) groups excluding carboxylic acids is 1. The van der Waals surface area contributed by atoms with E-state index in [1.807, 2.05) is 57.2 Å². The Labute approximate surface area is 219 Å². The maximum absolute atomic E-state index is 13.2. The lowest BCUT2D eigenvalue weighted by Gasteiger charge is -2.34. The quantitative estimate of drug-likeness (QED) is 0.313. The van der Waals surface area contributed by atoms with Crippen LogP contribution in [0.25, 0.3) is 0 Å². The molecule has 2 atom stereocenters. The summed E-state index contributed by atoms with van der Waals surface area (Å²) < 4.78 is 55.8. The smallest absolute Gasteiger partial charge is 0.489 e. The van der Waals surface area contributed by atoms with E-state index in [0.29, 0.717) is 5.75 Å². The van der Waals surface area contributed by atoms with Crippen LogP contribution in [-0.2, 0) is 26.3 Å². The van der Waals surface area contributed by atoms with E-state index in [9.17, 15) is 27.9 Å². The molecular weight excluding hydrogens is 501 g/mol. The molecule has 2 unspecified atom stereocenters. The first-order valence-corrected chi connectivity index (χ1v) is 11.8. The summed E-state index contributed by atoms with van der Waals surface area (Å²) in [6.07, 6.45) is -7.29. The van der Waals surface area contributed by atoms with Gasteiger partial charge in [-0.3, -0.25) is 0 Å². The summed E-state index contributed by atoms with van der Waals surface area (Å²) in [7, 11) is 0. The molecule has 38 heavy (non-hydrogen) atoms. The Morgan fingerprint density at radius 1 is 0.842 bits per heavy atom. The van der Waals surface area contributed by atoms with Crippen molar-refractivity contribution in [2.75, 3.05) is 0 Å². The summed E-state index contributed by atoms with van der Waals surface area (Å²) in [5.41, 5.74) is -1.03. The van der Waals surface area contributed by atoms with Crippen molar-refractivity contribution in [3.8, 4) is 11.5 Å². The number of alkyl halides is 3. The molecule has 6 nitrogen and oxygen atoms in total. The van der Waals surface area contributed by atoms with Gasteiger partial charge in [-0.2, -0.15) is 13.2 Å². The van der Waals surface area contributed by atoms with Gasteiger partial charge in [0.15, 0.2) is 6.10 Å². The van der Waals surface area contributed by atoms with Gasteiger partial charge >= 0.3 is 18.1 Å². The average molecular weight is 531 g/mol. The van der Waals surface area contributed by atoms with Crippen LogP contribution in [-0.4, -0.2) is 28.8 Å². The third-order valence-corrected chi connectivity index (χ3v) is 5.84. The Hall–Kier alpha value is -4.01. The molecule has 0 spiro atoms. The fraction of sp³-hybridized carbons (Fsp3) is 0.310. The summed E-state index contributed by atoms with van der Waals surface area (Å²) in [6.45, 7) is 7.13. The van der Waals surface area contributed by atoms with Crippen molar-refractivity contribution in [2.24, 2.45) is 0 Å². The zero-order chi connectivity index (χ0) is 28.1. The maximum atomic E-state index is 13.2. The number of carboxylic acid groups (broad SMARTS) is 1. The minimum Gasteiger partial charge on any atom is -0.489 e. The van der Waals surface area contributed by atoms with Crippen molar-refractivity contribution in [1.29, 1.82) is 0 Å². The maximum Gasteiger partial charge on any atom is 0.490 e. The number of halogens is 3. The third kappa shape index (κ3) is 7.06. The van der Waals surface area contributed by atoms with Gasteiger partial charge < -0.3 is 19.3 Å². The lowest BCUT2D eigenvalue weighted by Crippen LogP contribution is -2.49. The summed E-state index contributed by atoms with van der Waals surface area (Å²) >= 11 is 0. The SMILES string of the molecule is CC(C)(C)c1cccc(OC(C)(C(=O)O)C(OC(=O)C(F)(F)F)c2ccc(OCc3ccccc3)cc2)c1. The first kappa shape index (κ1) is 28.6. The minimum absolute atomic E-state index is 0.0217. The highest BCUT2D eigenvalue weighted by molar-refractivity contribution is 5.81. The number of rotatable bonds is 9. The van der Waals surface area contributed by atoms with Gasteiger partial charge in [-0.1, -0.05) is 75.4 Å². The molecule has 0 aliphatic carbocycles. The predicted molar refractivity (Wildman–Crippen MR) is 134 cm³/mol. The Balaban J connectivity index is 1.96. The fourth-order valence-electron chi connectivity index (χ4n) is 3.63.